The van der Waals surface area contributed by atoms with E-state index in [-0.39, 0.29) is 6.61 Å². The molecular weight excluding hydrogens is 433 g/mol. The van der Waals surface area contributed by atoms with E-state index in [0.717, 1.165) is 11.3 Å². The van der Waals surface area contributed by atoms with Gasteiger partial charge in [-0.15, -0.1) is 0 Å². The van der Waals surface area contributed by atoms with E-state index in [1.165, 1.54) is 12.4 Å². The molecule has 0 aliphatic carbocycles. The van der Waals surface area contributed by atoms with E-state index >= 15 is 0 Å². The number of rotatable bonds is 8. The molecule has 0 saturated carbocycles. The van der Waals surface area contributed by atoms with Crippen LogP contribution in [0.25, 0.3) is 16.9 Å². The quantitative estimate of drug-likeness (QED) is 0.389. The molecule has 2 aromatic carbocycles. The van der Waals surface area contributed by atoms with Gasteiger partial charge in [-0.05, 0) is 37.3 Å². The lowest BCUT2D eigenvalue weighted by molar-refractivity contribution is -0.129. The van der Waals surface area contributed by atoms with E-state index in [4.69, 9.17) is 16.3 Å². The number of halogens is 2. The second kappa shape index (κ2) is 9.57. The normalized spacial score (nSPS) is 11.7. The van der Waals surface area contributed by atoms with Crippen molar-refractivity contribution in [3.05, 3.63) is 89.6 Å². The van der Waals surface area contributed by atoms with Crippen molar-refractivity contribution in [3.8, 4) is 16.9 Å². The SMILES string of the molecule is Cc1cn(-c2ccc(NC(COC=O)c3cncnc3-c3ccc(Cl)cc3)cc2F)cn1. The maximum atomic E-state index is 14.8. The highest BCUT2D eigenvalue weighted by atomic mass is 35.5. The molecule has 4 rings (SSSR count). The summed E-state index contributed by atoms with van der Waals surface area (Å²) in [6, 6.07) is 11.5. The molecule has 0 radical (unpaired) electrons. The van der Waals surface area contributed by atoms with Crippen LogP contribution in [-0.2, 0) is 9.53 Å². The van der Waals surface area contributed by atoms with Crippen molar-refractivity contribution < 1.29 is 13.9 Å². The van der Waals surface area contributed by atoms with Crippen LogP contribution in [-0.4, -0.2) is 32.6 Å². The van der Waals surface area contributed by atoms with Crippen LogP contribution in [0.5, 0.6) is 0 Å². The molecule has 1 atom stereocenters. The largest absolute Gasteiger partial charge is 0.465 e. The molecular formula is C23H19ClFN5O2. The number of anilines is 1. The molecule has 0 aliphatic heterocycles. The number of carbonyl (C=O) groups is 1. The summed E-state index contributed by atoms with van der Waals surface area (Å²) in [6.07, 6.45) is 6.38. The zero-order valence-corrected chi connectivity index (χ0v) is 17.8. The first-order valence-electron chi connectivity index (χ1n) is 9.73. The van der Waals surface area contributed by atoms with Crippen molar-refractivity contribution in [2.24, 2.45) is 0 Å². The van der Waals surface area contributed by atoms with Gasteiger partial charge >= 0.3 is 0 Å². The monoisotopic (exact) mass is 451 g/mol. The van der Waals surface area contributed by atoms with Gasteiger partial charge in [0, 0.05) is 34.2 Å². The third-order valence-corrected chi connectivity index (χ3v) is 5.09. The number of ether oxygens (including phenoxy) is 1. The molecule has 32 heavy (non-hydrogen) atoms. The molecule has 0 fully saturated rings. The van der Waals surface area contributed by atoms with Crippen LogP contribution in [0.15, 0.2) is 67.5 Å². The van der Waals surface area contributed by atoms with Gasteiger partial charge in [-0.2, -0.15) is 0 Å². The number of hydrogen-bond donors (Lipinski definition) is 1. The highest BCUT2D eigenvalue weighted by Crippen LogP contribution is 2.30. The van der Waals surface area contributed by atoms with E-state index in [1.54, 1.807) is 47.6 Å². The molecule has 2 aromatic heterocycles. The Hall–Kier alpha value is -3.78. The number of carbonyl (C=O) groups excluding carboxylic acids is 1. The van der Waals surface area contributed by atoms with Crippen molar-refractivity contribution in [1.82, 2.24) is 19.5 Å². The Morgan fingerprint density at radius 1 is 1.22 bits per heavy atom. The van der Waals surface area contributed by atoms with Crippen molar-refractivity contribution in [3.63, 3.8) is 0 Å². The first-order valence-corrected chi connectivity index (χ1v) is 10.1. The van der Waals surface area contributed by atoms with Gasteiger partial charge in [0.1, 0.15) is 18.8 Å². The van der Waals surface area contributed by atoms with Gasteiger partial charge in [0.25, 0.3) is 6.47 Å². The summed E-state index contributed by atoms with van der Waals surface area (Å²) in [5, 5.41) is 3.83. The molecule has 0 bridgehead atoms. The van der Waals surface area contributed by atoms with Crippen molar-refractivity contribution >= 4 is 23.8 Å². The summed E-state index contributed by atoms with van der Waals surface area (Å²) in [4.78, 5) is 23.5. The highest BCUT2D eigenvalue weighted by Gasteiger charge is 2.19. The second-order valence-electron chi connectivity index (χ2n) is 7.05. The Morgan fingerprint density at radius 3 is 2.72 bits per heavy atom. The Kier molecular flexibility index (Phi) is 6.42. The van der Waals surface area contributed by atoms with Crippen LogP contribution in [0, 0.1) is 12.7 Å². The summed E-state index contributed by atoms with van der Waals surface area (Å²) in [6.45, 7) is 2.20. The van der Waals surface area contributed by atoms with Gasteiger partial charge in [0.15, 0.2) is 0 Å². The van der Waals surface area contributed by atoms with Crippen molar-refractivity contribution in [1.29, 1.82) is 0 Å². The molecule has 0 spiro atoms. The maximum absolute atomic E-state index is 14.8. The minimum absolute atomic E-state index is 0.00154. The average Bonchev–Trinajstić information content (AvgIpc) is 3.23. The van der Waals surface area contributed by atoms with E-state index in [1.807, 2.05) is 19.1 Å². The van der Waals surface area contributed by atoms with E-state index in [0.29, 0.717) is 34.1 Å². The van der Waals surface area contributed by atoms with E-state index in [9.17, 15) is 9.18 Å². The molecule has 1 unspecified atom stereocenters. The predicted octanol–water partition coefficient (Wildman–Crippen LogP) is 4.76. The Labute approximate surface area is 188 Å². The first kappa shape index (κ1) is 21.5. The van der Waals surface area contributed by atoms with Gasteiger partial charge in [-0.25, -0.2) is 19.3 Å². The summed E-state index contributed by atoms with van der Waals surface area (Å²) in [5.74, 6) is -0.426. The zero-order chi connectivity index (χ0) is 22.5. The summed E-state index contributed by atoms with van der Waals surface area (Å²) in [7, 11) is 0. The Bertz CT molecular complexity index is 1230. The number of nitrogens with zero attached hydrogens (tertiary/aromatic N) is 4. The molecule has 0 amide bonds. The number of hydrogen-bond acceptors (Lipinski definition) is 6. The number of aryl methyl sites for hydroxylation is 1. The lowest BCUT2D eigenvalue weighted by Gasteiger charge is -2.21. The smallest absolute Gasteiger partial charge is 0.293 e. The molecule has 4 aromatic rings. The fourth-order valence-electron chi connectivity index (χ4n) is 3.35. The predicted molar refractivity (Wildman–Crippen MR) is 119 cm³/mol. The van der Waals surface area contributed by atoms with Crippen molar-refractivity contribution in [2.75, 3.05) is 11.9 Å². The zero-order valence-electron chi connectivity index (χ0n) is 17.1. The minimum Gasteiger partial charge on any atom is -0.465 e. The van der Waals surface area contributed by atoms with Gasteiger partial charge in [-0.1, -0.05) is 23.7 Å². The standard InChI is InChI=1S/C23H19ClFN5O2/c1-15-10-30(13-28-15)22-7-6-18(8-20(22)25)29-21(11-32-14-31)19-9-26-12-27-23(19)16-2-4-17(24)5-3-16/h2-10,12-14,21,29H,11H2,1H3. The van der Waals surface area contributed by atoms with Gasteiger partial charge in [-0.3, -0.25) is 4.79 Å². The Balaban J connectivity index is 1.66. The molecule has 9 heteroatoms. The summed E-state index contributed by atoms with van der Waals surface area (Å²) >= 11 is 6.01. The van der Waals surface area contributed by atoms with Crippen LogP contribution >= 0.6 is 11.6 Å². The molecule has 162 valence electrons. The second-order valence-corrected chi connectivity index (χ2v) is 7.49. The number of benzene rings is 2. The number of imidazole rings is 1. The molecule has 0 aliphatic rings. The van der Waals surface area contributed by atoms with Gasteiger partial charge < -0.3 is 14.6 Å². The third-order valence-electron chi connectivity index (χ3n) is 4.84. The van der Waals surface area contributed by atoms with Gasteiger partial charge in [0.2, 0.25) is 0 Å². The average molecular weight is 452 g/mol. The first-order chi connectivity index (χ1) is 15.5. The topological polar surface area (TPSA) is 81.9 Å². The molecule has 1 N–H and O–H groups in total. The van der Waals surface area contributed by atoms with E-state index in [2.05, 4.69) is 20.3 Å². The minimum atomic E-state index is -0.521. The lowest BCUT2D eigenvalue weighted by atomic mass is 10.0. The molecule has 2 heterocycles. The van der Waals surface area contributed by atoms with Crippen LogP contribution in [0.3, 0.4) is 0 Å². The number of nitrogens with one attached hydrogen (secondary N) is 1. The fourth-order valence-corrected chi connectivity index (χ4v) is 3.48. The maximum Gasteiger partial charge on any atom is 0.293 e. The molecule has 0 saturated heterocycles. The summed E-state index contributed by atoms with van der Waals surface area (Å²) < 4.78 is 21.5. The van der Waals surface area contributed by atoms with Crippen LogP contribution < -0.4 is 5.32 Å². The van der Waals surface area contributed by atoms with E-state index < -0.39 is 11.9 Å². The lowest BCUT2D eigenvalue weighted by Crippen LogP contribution is -2.19. The van der Waals surface area contributed by atoms with Crippen molar-refractivity contribution in [2.45, 2.75) is 13.0 Å². The highest BCUT2D eigenvalue weighted by molar-refractivity contribution is 6.30. The summed E-state index contributed by atoms with van der Waals surface area (Å²) in [5.41, 5.74) is 3.83. The van der Waals surface area contributed by atoms with Crippen LogP contribution in [0.2, 0.25) is 5.02 Å². The molecule has 7 nitrogen and oxygen atoms in total. The fraction of sp³-hybridized carbons (Fsp3) is 0.130. The van der Waals surface area contributed by atoms with Crippen LogP contribution in [0.1, 0.15) is 17.3 Å². The van der Waals surface area contributed by atoms with Gasteiger partial charge in [0.05, 0.1) is 29.4 Å². The van der Waals surface area contributed by atoms with Crippen LogP contribution in [0.4, 0.5) is 10.1 Å². The number of aromatic nitrogens is 4. The third kappa shape index (κ3) is 4.76. The Morgan fingerprint density at radius 2 is 2.03 bits per heavy atom.